The van der Waals surface area contributed by atoms with Gasteiger partial charge in [-0.05, 0) is 62.4 Å². The molecule has 1 aliphatic carbocycles. The molecule has 0 saturated heterocycles. The molecule has 26 heavy (non-hydrogen) atoms. The highest BCUT2D eigenvalue weighted by molar-refractivity contribution is 5.68. The highest BCUT2D eigenvalue weighted by Crippen LogP contribution is 2.42. The van der Waals surface area contributed by atoms with E-state index in [0.717, 1.165) is 29.8 Å². The van der Waals surface area contributed by atoms with Gasteiger partial charge in [-0.1, -0.05) is 29.8 Å². The molecule has 1 fully saturated rings. The summed E-state index contributed by atoms with van der Waals surface area (Å²) in [6.45, 7) is 8.20. The lowest BCUT2D eigenvalue weighted by Gasteiger charge is -2.28. The molecule has 2 unspecified atom stereocenters. The van der Waals surface area contributed by atoms with Crippen LogP contribution in [0.5, 0.6) is 0 Å². The Kier molecular flexibility index (Phi) is 5.09. The maximum atomic E-state index is 11.5. The maximum absolute atomic E-state index is 11.5. The lowest BCUT2D eigenvalue weighted by Crippen LogP contribution is -2.35. The predicted octanol–water partition coefficient (Wildman–Crippen LogP) is 2.99. The van der Waals surface area contributed by atoms with Crippen molar-refractivity contribution in [2.75, 3.05) is 0 Å². The van der Waals surface area contributed by atoms with E-state index in [4.69, 9.17) is 0 Å². The number of carbonyl (C=O) groups is 1. The highest BCUT2D eigenvalue weighted by Gasteiger charge is 2.39. The van der Waals surface area contributed by atoms with Gasteiger partial charge in [-0.3, -0.25) is 10.1 Å². The van der Waals surface area contributed by atoms with Crippen LogP contribution in [0.25, 0.3) is 0 Å². The second-order valence-corrected chi connectivity index (χ2v) is 8.17. The number of rotatable bonds is 7. The van der Waals surface area contributed by atoms with Crippen LogP contribution in [0.15, 0.2) is 24.3 Å². The molecular weight excluding hydrogens is 330 g/mol. The van der Waals surface area contributed by atoms with Gasteiger partial charge >= 0.3 is 5.97 Å². The van der Waals surface area contributed by atoms with Crippen LogP contribution in [0.1, 0.15) is 69.1 Å². The minimum Gasteiger partial charge on any atom is -0.481 e. The third-order valence-corrected chi connectivity index (χ3v) is 4.70. The molecule has 3 rings (SSSR count). The molecule has 1 aliphatic rings. The van der Waals surface area contributed by atoms with E-state index in [1.54, 1.807) is 0 Å². The molecule has 2 atom stereocenters. The average Bonchev–Trinajstić information content (AvgIpc) is 3.25. The Bertz CT molecular complexity index is 776. The third-order valence-electron chi connectivity index (χ3n) is 4.70. The van der Waals surface area contributed by atoms with Crippen LogP contribution in [0, 0.1) is 12.8 Å². The standard InChI is InChI=1S/C19H27N5O2/c1-12-6-5-7-14(10-12)15(11-16(25)26)20-17(13-8-9-13)18-21-22-23-24(18)19(2,3)4/h5-7,10,13,15,17,20H,8-9,11H2,1-4H3,(H,25,26). The van der Waals surface area contributed by atoms with Crippen molar-refractivity contribution in [1.82, 2.24) is 25.5 Å². The fourth-order valence-corrected chi connectivity index (χ4v) is 3.27. The summed E-state index contributed by atoms with van der Waals surface area (Å²) in [5, 5.41) is 25.3. The van der Waals surface area contributed by atoms with Crippen molar-refractivity contribution in [2.45, 2.75) is 64.6 Å². The van der Waals surface area contributed by atoms with Crippen molar-refractivity contribution in [3.8, 4) is 0 Å². The van der Waals surface area contributed by atoms with E-state index in [1.807, 2.05) is 35.9 Å². The molecule has 7 nitrogen and oxygen atoms in total. The Morgan fingerprint density at radius 3 is 2.69 bits per heavy atom. The number of aliphatic carboxylic acids is 1. The Morgan fingerprint density at radius 1 is 1.38 bits per heavy atom. The van der Waals surface area contributed by atoms with Crippen molar-refractivity contribution < 1.29 is 9.90 Å². The zero-order valence-corrected chi connectivity index (χ0v) is 15.8. The minimum atomic E-state index is -0.825. The van der Waals surface area contributed by atoms with E-state index in [0.29, 0.717) is 5.92 Å². The summed E-state index contributed by atoms with van der Waals surface area (Å²) in [6.07, 6.45) is 2.22. The monoisotopic (exact) mass is 357 g/mol. The lowest BCUT2D eigenvalue weighted by molar-refractivity contribution is -0.137. The summed E-state index contributed by atoms with van der Waals surface area (Å²) in [4.78, 5) is 11.5. The van der Waals surface area contributed by atoms with E-state index in [1.165, 1.54) is 0 Å². The summed E-state index contributed by atoms with van der Waals surface area (Å²) in [5.41, 5.74) is 1.86. The molecular formula is C19H27N5O2. The molecule has 0 aliphatic heterocycles. The van der Waals surface area contributed by atoms with Gasteiger partial charge in [0.2, 0.25) is 0 Å². The molecule has 2 N–H and O–H groups in total. The summed E-state index contributed by atoms with van der Waals surface area (Å²) >= 11 is 0. The van der Waals surface area contributed by atoms with Crippen molar-refractivity contribution in [3.05, 3.63) is 41.2 Å². The molecule has 1 saturated carbocycles. The van der Waals surface area contributed by atoms with E-state index in [9.17, 15) is 9.90 Å². The van der Waals surface area contributed by atoms with E-state index >= 15 is 0 Å². The van der Waals surface area contributed by atoms with Gasteiger partial charge in [0.1, 0.15) is 0 Å². The fraction of sp³-hybridized carbons (Fsp3) is 0.579. The number of aryl methyl sites for hydroxylation is 1. The maximum Gasteiger partial charge on any atom is 0.305 e. The summed E-state index contributed by atoms with van der Waals surface area (Å²) in [5.74, 6) is 0.389. The largest absolute Gasteiger partial charge is 0.481 e. The molecule has 0 amide bonds. The number of hydrogen-bond donors (Lipinski definition) is 2. The molecule has 1 aromatic heterocycles. The highest BCUT2D eigenvalue weighted by atomic mass is 16.4. The number of carboxylic acid groups (broad SMARTS) is 1. The lowest BCUT2D eigenvalue weighted by atomic mass is 9.99. The van der Waals surface area contributed by atoms with Crippen molar-refractivity contribution in [3.63, 3.8) is 0 Å². The molecule has 1 heterocycles. The first-order valence-electron chi connectivity index (χ1n) is 9.09. The zero-order chi connectivity index (χ0) is 18.9. The van der Waals surface area contributed by atoms with Crippen molar-refractivity contribution in [2.24, 2.45) is 5.92 Å². The first kappa shape index (κ1) is 18.5. The Balaban J connectivity index is 1.92. The number of tetrazole rings is 1. The van der Waals surface area contributed by atoms with Gasteiger partial charge in [0, 0.05) is 6.04 Å². The predicted molar refractivity (Wildman–Crippen MR) is 97.6 cm³/mol. The smallest absolute Gasteiger partial charge is 0.305 e. The molecule has 1 aromatic carbocycles. The molecule has 0 bridgehead atoms. The second-order valence-electron chi connectivity index (χ2n) is 8.17. The number of hydrogen-bond acceptors (Lipinski definition) is 5. The molecule has 2 aromatic rings. The zero-order valence-electron chi connectivity index (χ0n) is 15.8. The minimum absolute atomic E-state index is 0.0176. The van der Waals surface area contributed by atoms with Gasteiger partial charge in [0.25, 0.3) is 0 Å². The van der Waals surface area contributed by atoms with Crippen molar-refractivity contribution >= 4 is 5.97 Å². The molecule has 140 valence electrons. The third kappa shape index (κ3) is 4.27. The number of nitrogens with one attached hydrogen (secondary N) is 1. The number of benzene rings is 1. The van der Waals surface area contributed by atoms with Crippen LogP contribution < -0.4 is 5.32 Å². The van der Waals surface area contributed by atoms with Crippen LogP contribution in [0.3, 0.4) is 0 Å². The van der Waals surface area contributed by atoms with E-state index < -0.39 is 5.97 Å². The number of carboxylic acids is 1. The SMILES string of the molecule is Cc1cccc(C(CC(=O)O)NC(c2nnnn2C(C)(C)C)C2CC2)c1. The normalized spacial score (nSPS) is 17.1. The van der Waals surface area contributed by atoms with Gasteiger partial charge in [-0.2, -0.15) is 0 Å². The summed E-state index contributed by atoms with van der Waals surface area (Å²) < 4.78 is 1.84. The Hall–Kier alpha value is -2.28. The van der Waals surface area contributed by atoms with Crippen LogP contribution in [-0.2, 0) is 10.3 Å². The first-order chi connectivity index (χ1) is 12.3. The van der Waals surface area contributed by atoms with Crippen LogP contribution in [0.4, 0.5) is 0 Å². The number of aromatic nitrogens is 4. The van der Waals surface area contributed by atoms with Gasteiger partial charge in [0.15, 0.2) is 5.82 Å². The quantitative estimate of drug-likeness (QED) is 0.791. The number of nitrogens with zero attached hydrogens (tertiary/aromatic N) is 4. The average molecular weight is 357 g/mol. The van der Waals surface area contributed by atoms with Crippen molar-refractivity contribution in [1.29, 1.82) is 0 Å². The van der Waals surface area contributed by atoms with Gasteiger partial charge in [-0.15, -0.1) is 5.10 Å². The van der Waals surface area contributed by atoms with Crippen LogP contribution in [0.2, 0.25) is 0 Å². The van der Waals surface area contributed by atoms with Crippen LogP contribution >= 0.6 is 0 Å². The molecule has 0 radical (unpaired) electrons. The van der Waals surface area contributed by atoms with E-state index in [2.05, 4.69) is 41.6 Å². The topological polar surface area (TPSA) is 92.9 Å². The van der Waals surface area contributed by atoms with E-state index in [-0.39, 0.29) is 24.0 Å². The Morgan fingerprint density at radius 2 is 2.12 bits per heavy atom. The second kappa shape index (κ2) is 7.15. The summed E-state index contributed by atoms with van der Waals surface area (Å²) in [7, 11) is 0. The Labute approximate surface area is 153 Å². The summed E-state index contributed by atoms with van der Waals surface area (Å²) in [6, 6.07) is 7.64. The van der Waals surface area contributed by atoms with Gasteiger partial charge < -0.3 is 5.11 Å². The fourth-order valence-electron chi connectivity index (χ4n) is 3.27. The molecule has 0 spiro atoms. The van der Waals surface area contributed by atoms with Crippen LogP contribution in [-0.4, -0.2) is 31.3 Å². The molecule has 7 heteroatoms. The van der Waals surface area contributed by atoms with Gasteiger partial charge in [0.05, 0.1) is 18.0 Å². The van der Waals surface area contributed by atoms with Gasteiger partial charge in [-0.25, -0.2) is 4.68 Å². The first-order valence-corrected chi connectivity index (χ1v) is 9.09.